The third kappa shape index (κ3) is 3.99. The van der Waals surface area contributed by atoms with Gasteiger partial charge in [0, 0.05) is 17.7 Å². The Kier molecular flexibility index (Phi) is 5.71. The second kappa shape index (κ2) is 8.83. The molecular weight excluding hydrogens is 448 g/mol. The normalized spacial score (nSPS) is 13.2. The van der Waals surface area contributed by atoms with E-state index in [0.29, 0.717) is 29.3 Å². The number of anilines is 1. The van der Waals surface area contributed by atoms with Crippen molar-refractivity contribution in [3.63, 3.8) is 0 Å². The molecule has 1 aliphatic heterocycles. The number of sulfonamides is 1. The summed E-state index contributed by atoms with van der Waals surface area (Å²) in [7, 11) is -0.614. The average Bonchev–Trinajstić information content (AvgIpc) is 2.87. The summed E-state index contributed by atoms with van der Waals surface area (Å²) >= 11 is 0. The molecule has 0 saturated heterocycles. The smallest absolute Gasteiger partial charge is 0.261 e. The van der Waals surface area contributed by atoms with E-state index in [9.17, 15) is 8.42 Å². The van der Waals surface area contributed by atoms with Crippen LogP contribution in [0.4, 0.5) is 5.69 Å². The van der Waals surface area contributed by atoms with Crippen molar-refractivity contribution in [1.82, 2.24) is 0 Å². The number of benzene rings is 4. The summed E-state index contributed by atoms with van der Waals surface area (Å²) < 4.78 is 40.4. The van der Waals surface area contributed by atoms with Crippen LogP contribution in [0.25, 0.3) is 10.8 Å². The van der Waals surface area contributed by atoms with Gasteiger partial charge in [0.05, 0.1) is 30.5 Å². The fraction of sp³-hybridized carbons (Fsp3) is 0.148. The molecule has 1 N–H and O–H groups in total. The molecule has 0 saturated carbocycles. The van der Waals surface area contributed by atoms with Crippen molar-refractivity contribution in [3.8, 4) is 11.5 Å². The number of nitrogens with one attached hydrogen (secondary N) is 1. The van der Waals surface area contributed by atoms with Gasteiger partial charge in [-0.15, -0.1) is 0 Å². The predicted octanol–water partition coefficient (Wildman–Crippen LogP) is 5.05. The van der Waals surface area contributed by atoms with E-state index < -0.39 is 10.0 Å². The highest BCUT2D eigenvalue weighted by atomic mass is 32.2. The van der Waals surface area contributed by atoms with Crippen LogP contribution < -0.4 is 14.2 Å². The molecule has 0 aromatic heterocycles. The SMILES string of the molecule is COc1cc2c(cc1OC)C(c1ccccc1NS(=O)(=O)c1ccc3ccccc3c1)=NCC2. The molecule has 0 atom stereocenters. The molecule has 0 spiro atoms. The van der Waals surface area contributed by atoms with Crippen LogP contribution in [-0.4, -0.2) is 34.9 Å². The summed E-state index contributed by atoms with van der Waals surface area (Å²) in [6, 6.07) is 24.0. The van der Waals surface area contributed by atoms with Gasteiger partial charge in [0.2, 0.25) is 0 Å². The lowest BCUT2D eigenvalue weighted by molar-refractivity contribution is 0.354. The molecule has 0 aliphatic carbocycles. The number of ether oxygens (including phenoxy) is 2. The van der Waals surface area contributed by atoms with Gasteiger partial charge in [0.15, 0.2) is 11.5 Å². The van der Waals surface area contributed by atoms with Crippen LogP contribution in [0.2, 0.25) is 0 Å². The van der Waals surface area contributed by atoms with E-state index >= 15 is 0 Å². The van der Waals surface area contributed by atoms with Crippen molar-refractivity contribution in [2.75, 3.05) is 25.5 Å². The molecule has 7 heteroatoms. The van der Waals surface area contributed by atoms with E-state index in [2.05, 4.69) is 4.72 Å². The Morgan fingerprint density at radius 2 is 1.50 bits per heavy atom. The monoisotopic (exact) mass is 472 g/mol. The molecule has 5 rings (SSSR count). The summed E-state index contributed by atoms with van der Waals surface area (Å²) in [5.41, 5.74) is 3.88. The van der Waals surface area contributed by atoms with Gasteiger partial charge in [0.1, 0.15) is 0 Å². The number of hydrogen-bond acceptors (Lipinski definition) is 5. The number of aliphatic imine (C=N–C) groups is 1. The molecule has 0 fully saturated rings. The third-order valence-corrected chi connectivity index (χ3v) is 7.34. The minimum atomic E-state index is -3.82. The highest BCUT2D eigenvalue weighted by molar-refractivity contribution is 7.92. The van der Waals surface area contributed by atoms with Gasteiger partial charge in [-0.1, -0.05) is 48.5 Å². The summed E-state index contributed by atoms with van der Waals surface area (Å²) in [5, 5.41) is 1.85. The van der Waals surface area contributed by atoms with Crippen LogP contribution in [0.15, 0.2) is 88.8 Å². The molecule has 0 radical (unpaired) electrons. The molecule has 0 unspecified atom stereocenters. The maximum Gasteiger partial charge on any atom is 0.261 e. The standard InChI is InChI=1S/C27H24N2O4S/c1-32-25-16-20-13-14-28-27(23(20)17-26(25)33-2)22-9-5-6-10-24(22)29-34(30,31)21-12-11-18-7-3-4-8-19(18)15-21/h3-12,15-17,29H,13-14H2,1-2H3. The van der Waals surface area contributed by atoms with Gasteiger partial charge in [0.25, 0.3) is 10.0 Å². The molecular formula is C27H24N2O4S. The van der Waals surface area contributed by atoms with Crippen LogP contribution >= 0.6 is 0 Å². The van der Waals surface area contributed by atoms with Gasteiger partial charge in [-0.2, -0.15) is 0 Å². The minimum Gasteiger partial charge on any atom is -0.493 e. The lowest BCUT2D eigenvalue weighted by atomic mass is 9.92. The number of fused-ring (bicyclic) bond motifs is 2. The maximum absolute atomic E-state index is 13.3. The third-order valence-electron chi connectivity index (χ3n) is 5.97. The van der Waals surface area contributed by atoms with Crippen molar-refractivity contribution < 1.29 is 17.9 Å². The molecule has 0 amide bonds. The summed E-state index contributed by atoms with van der Waals surface area (Å²) in [6.45, 7) is 0.601. The van der Waals surface area contributed by atoms with Crippen LogP contribution in [0.3, 0.4) is 0 Å². The van der Waals surface area contributed by atoms with Crippen molar-refractivity contribution in [2.45, 2.75) is 11.3 Å². The maximum atomic E-state index is 13.3. The fourth-order valence-electron chi connectivity index (χ4n) is 4.27. The Bertz CT molecular complexity index is 1530. The first kappa shape index (κ1) is 22.0. The number of methoxy groups -OCH3 is 2. The molecule has 6 nitrogen and oxygen atoms in total. The highest BCUT2D eigenvalue weighted by Crippen LogP contribution is 2.35. The zero-order valence-corrected chi connectivity index (χ0v) is 19.7. The predicted molar refractivity (Wildman–Crippen MR) is 135 cm³/mol. The quantitative estimate of drug-likeness (QED) is 0.426. The Morgan fingerprint density at radius 1 is 0.794 bits per heavy atom. The van der Waals surface area contributed by atoms with Crippen LogP contribution in [0.5, 0.6) is 11.5 Å². The Labute approximate surface area is 198 Å². The van der Waals surface area contributed by atoms with E-state index in [1.54, 1.807) is 38.5 Å². The van der Waals surface area contributed by atoms with Gasteiger partial charge in [-0.25, -0.2) is 8.42 Å². The van der Waals surface area contributed by atoms with E-state index in [1.807, 2.05) is 54.6 Å². The minimum absolute atomic E-state index is 0.207. The molecule has 4 aromatic rings. The second-order valence-electron chi connectivity index (χ2n) is 8.00. The zero-order chi connectivity index (χ0) is 23.7. The summed E-state index contributed by atoms with van der Waals surface area (Å²) in [5.74, 6) is 1.26. The van der Waals surface area contributed by atoms with Crippen molar-refractivity contribution in [1.29, 1.82) is 0 Å². The van der Waals surface area contributed by atoms with E-state index in [4.69, 9.17) is 14.5 Å². The first-order valence-corrected chi connectivity index (χ1v) is 12.4. The first-order chi connectivity index (χ1) is 16.5. The summed E-state index contributed by atoms with van der Waals surface area (Å²) in [4.78, 5) is 4.97. The van der Waals surface area contributed by atoms with Gasteiger partial charge in [-0.05, 0) is 53.1 Å². The molecule has 4 aromatic carbocycles. The molecule has 172 valence electrons. The van der Waals surface area contributed by atoms with Gasteiger partial charge in [-0.3, -0.25) is 9.71 Å². The average molecular weight is 473 g/mol. The molecule has 0 bridgehead atoms. The van der Waals surface area contributed by atoms with E-state index in [0.717, 1.165) is 34.0 Å². The van der Waals surface area contributed by atoms with Crippen LogP contribution in [-0.2, 0) is 16.4 Å². The fourth-order valence-corrected chi connectivity index (χ4v) is 5.38. The number of nitrogens with zero attached hydrogens (tertiary/aromatic N) is 1. The second-order valence-corrected chi connectivity index (χ2v) is 9.69. The topological polar surface area (TPSA) is 77.0 Å². The van der Waals surface area contributed by atoms with Crippen LogP contribution in [0, 0.1) is 0 Å². The highest BCUT2D eigenvalue weighted by Gasteiger charge is 2.23. The largest absolute Gasteiger partial charge is 0.493 e. The Morgan fingerprint density at radius 3 is 2.29 bits per heavy atom. The lowest BCUT2D eigenvalue weighted by Crippen LogP contribution is -2.19. The molecule has 34 heavy (non-hydrogen) atoms. The first-order valence-electron chi connectivity index (χ1n) is 10.9. The number of para-hydroxylation sites is 1. The van der Waals surface area contributed by atoms with Gasteiger partial charge < -0.3 is 9.47 Å². The van der Waals surface area contributed by atoms with E-state index in [1.165, 1.54) is 0 Å². The van der Waals surface area contributed by atoms with Crippen LogP contribution in [0.1, 0.15) is 16.7 Å². The molecule has 1 aliphatic rings. The Hall–Kier alpha value is -3.84. The lowest BCUT2D eigenvalue weighted by Gasteiger charge is -2.22. The van der Waals surface area contributed by atoms with Gasteiger partial charge >= 0.3 is 0 Å². The number of hydrogen-bond donors (Lipinski definition) is 1. The Balaban J connectivity index is 1.55. The summed E-state index contributed by atoms with van der Waals surface area (Å²) in [6.07, 6.45) is 0.768. The van der Waals surface area contributed by atoms with Crippen molar-refractivity contribution in [2.24, 2.45) is 4.99 Å². The van der Waals surface area contributed by atoms with Crippen molar-refractivity contribution >= 4 is 32.2 Å². The zero-order valence-electron chi connectivity index (χ0n) is 18.9. The number of rotatable bonds is 6. The van der Waals surface area contributed by atoms with E-state index in [-0.39, 0.29) is 4.90 Å². The van der Waals surface area contributed by atoms with Crippen molar-refractivity contribution in [3.05, 3.63) is 95.6 Å². The molecule has 1 heterocycles.